The lowest BCUT2D eigenvalue weighted by Crippen LogP contribution is -2.65. The molecule has 6 heteroatoms. The van der Waals surface area contributed by atoms with Crippen molar-refractivity contribution in [2.24, 2.45) is 23.2 Å². The number of hydrogen-bond donors (Lipinski definition) is 1. The maximum atomic E-state index is 14.7. The Kier molecular flexibility index (Phi) is 4.53. The number of alkyl halides is 1. The van der Waals surface area contributed by atoms with Crippen molar-refractivity contribution in [2.45, 2.75) is 64.1 Å². The number of rotatable bonds is 7. The molecule has 146 valence electrons. The van der Waals surface area contributed by atoms with E-state index in [1.807, 2.05) is 13.8 Å². The van der Waals surface area contributed by atoms with E-state index in [-0.39, 0.29) is 50.1 Å². The summed E-state index contributed by atoms with van der Waals surface area (Å²) in [5.74, 6) is 1.20. The number of ether oxygens (including phenoxy) is 1. The first-order valence-corrected chi connectivity index (χ1v) is 10.2. The smallest absolute Gasteiger partial charge is 0.248 e. The molecule has 1 saturated heterocycles. The minimum absolute atomic E-state index is 0.00463. The molecule has 4 atom stereocenters. The van der Waals surface area contributed by atoms with E-state index in [0.717, 1.165) is 18.8 Å². The van der Waals surface area contributed by atoms with Gasteiger partial charge in [-0.15, -0.1) is 0 Å². The second kappa shape index (κ2) is 6.47. The summed E-state index contributed by atoms with van der Waals surface area (Å²) in [5, 5.41) is 2.85. The highest BCUT2D eigenvalue weighted by Gasteiger charge is 2.66. The van der Waals surface area contributed by atoms with Gasteiger partial charge in [-0.05, 0) is 62.7 Å². The van der Waals surface area contributed by atoms with Crippen molar-refractivity contribution in [1.29, 1.82) is 0 Å². The molecule has 2 bridgehead atoms. The van der Waals surface area contributed by atoms with Crippen LogP contribution in [0.3, 0.4) is 0 Å². The van der Waals surface area contributed by atoms with E-state index in [2.05, 4.69) is 5.32 Å². The van der Waals surface area contributed by atoms with Crippen molar-refractivity contribution in [2.75, 3.05) is 26.2 Å². The van der Waals surface area contributed by atoms with Gasteiger partial charge in [-0.3, -0.25) is 9.59 Å². The Labute approximate surface area is 155 Å². The molecule has 0 aromatic carbocycles. The largest absolute Gasteiger partial charge is 0.369 e. The lowest BCUT2D eigenvalue weighted by atomic mass is 9.86. The highest BCUT2D eigenvalue weighted by Crippen LogP contribution is 2.72. The van der Waals surface area contributed by atoms with Gasteiger partial charge in [0.2, 0.25) is 11.8 Å². The van der Waals surface area contributed by atoms with Gasteiger partial charge in [0.25, 0.3) is 0 Å². The average Bonchev–Trinajstić information content (AvgIpc) is 3.28. The third-order valence-electron chi connectivity index (χ3n) is 7.51. The molecule has 1 unspecified atom stereocenters. The van der Waals surface area contributed by atoms with Gasteiger partial charge in [0.15, 0.2) is 5.67 Å². The molecule has 0 radical (unpaired) electrons. The molecule has 5 nitrogen and oxygen atoms in total. The van der Waals surface area contributed by atoms with Crippen molar-refractivity contribution in [1.82, 2.24) is 10.2 Å². The molecule has 1 N–H and O–H groups in total. The third kappa shape index (κ3) is 3.04. The molecule has 2 amide bonds. The van der Waals surface area contributed by atoms with Crippen LogP contribution in [-0.4, -0.2) is 54.7 Å². The molecule has 1 aliphatic heterocycles. The summed E-state index contributed by atoms with van der Waals surface area (Å²) in [6.45, 7) is 4.04. The summed E-state index contributed by atoms with van der Waals surface area (Å²) in [6, 6.07) is 0. The molecule has 4 aliphatic rings. The summed E-state index contributed by atoms with van der Waals surface area (Å²) in [6.07, 6.45) is 6.89. The number of likely N-dealkylation sites (tertiary alicyclic amines) is 1. The zero-order chi connectivity index (χ0) is 18.5. The fourth-order valence-electron chi connectivity index (χ4n) is 5.62. The van der Waals surface area contributed by atoms with Gasteiger partial charge in [-0.25, -0.2) is 4.39 Å². The van der Waals surface area contributed by atoms with Crippen LogP contribution in [-0.2, 0) is 14.3 Å². The first kappa shape index (κ1) is 18.2. The molecule has 1 heterocycles. The van der Waals surface area contributed by atoms with Crippen molar-refractivity contribution < 1.29 is 18.7 Å². The summed E-state index contributed by atoms with van der Waals surface area (Å²) < 4.78 is 20.1. The monoisotopic (exact) mass is 366 g/mol. The Bertz CT molecular complexity index is 586. The van der Waals surface area contributed by atoms with Crippen molar-refractivity contribution in [3.8, 4) is 0 Å². The topological polar surface area (TPSA) is 58.6 Å². The minimum Gasteiger partial charge on any atom is -0.369 e. The Morgan fingerprint density at radius 2 is 2.04 bits per heavy atom. The maximum absolute atomic E-state index is 14.7. The number of nitrogens with one attached hydrogen (secondary N) is 1. The first-order chi connectivity index (χ1) is 12.4. The van der Waals surface area contributed by atoms with Gasteiger partial charge in [0, 0.05) is 5.92 Å². The predicted octanol–water partition coefficient (Wildman–Crippen LogP) is 2.29. The molecule has 26 heavy (non-hydrogen) atoms. The van der Waals surface area contributed by atoms with E-state index in [1.165, 1.54) is 30.6 Å². The average molecular weight is 366 g/mol. The van der Waals surface area contributed by atoms with Crippen LogP contribution in [0.5, 0.6) is 0 Å². The second-order valence-electron chi connectivity index (χ2n) is 9.10. The Morgan fingerprint density at radius 3 is 2.65 bits per heavy atom. The van der Waals surface area contributed by atoms with Crippen LogP contribution in [0.15, 0.2) is 0 Å². The van der Waals surface area contributed by atoms with E-state index in [9.17, 15) is 14.0 Å². The van der Waals surface area contributed by atoms with Crippen LogP contribution in [0.2, 0.25) is 0 Å². The molecule has 4 rings (SSSR count). The van der Waals surface area contributed by atoms with E-state index >= 15 is 0 Å². The Balaban J connectivity index is 1.20. The number of carbonyl (C=O) groups excluding carboxylic acids is 2. The third-order valence-corrected chi connectivity index (χ3v) is 7.51. The highest BCUT2D eigenvalue weighted by molar-refractivity contribution is 5.80. The Hall–Kier alpha value is -1.17. The van der Waals surface area contributed by atoms with E-state index in [0.29, 0.717) is 11.3 Å². The standard InChI is InChI=1S/C20H31FN2O3/c1-3-13(2)26-9-17(24)23-11-19(21,12-23)10-22-18(25)15-8-14-4-5-16(15)20(14)6-7-20/h13-16H,3-12H2,1-2H3,(H,22,25)/t13?,14-,15+,16+/m0/s1. The van der Waals surface area contributed by atoms with Gasteiger partial charge in [-0.1, -0.05) is 6.92 Å². The fraction of sp³-hybridized carbons (Fsp3) is 0.900. The van der Waals surface area contributed by atoms with Crippen LogP contribution in [0.25, 0.3) is 0 Å². The minimum atomic E-state index is -1.49. The lowest BCUT2D eigenvalue weighted by Gasteiger charge is -2.44. The summed E-state index contributed by atoms with van der Waals surface area (Å²) in [5.41, 5.74) is -1.01. The van der Waals surface area contributed by atoms with E-state index < -0.39 is 5.67 Å². The number of carbonyl (C=O) groups is 2. The van der Waals surface area contributed by atoms with Crippen molar-refractivity contribution in [3.05, 3.63) is 0 Å². The molecular formula is C20H31FN2O3. The van der Waals surface area contributed by atoms with E-state index in [1.54, 1.807) is 0 Å². The summed E-state index contributed by atoms with van der Waals surface area (Å²) in [4.78, 5) is 26.1. The first-order valence-electron chi connectivity index (χ1n) is 10.2. The molecular weight excluding hydrogens is 335 g/mol. The molecule has 4 fully saturated rings. The van der Waals surface area contributed by atoms with Crippen molar-refractivity contribution >= 4 is 11.8 Å². The molecule has 0 aromatic rings. The Morgan fingerprint density at radius 1 is 1.31 bits per heavy atom. The van der Waals surface area contributed by atoms with Gasteiger partial charge in [0.05, 0.1) is 25.7 Å². The zero-order valence-electron chi connectivity index (χ0n) is 15.9. The fourth-order valence-corrected chi connectivity index (χ4v) is 5.62. The van der Waals surface area contributed by atoms with E-state index in [4.69, 9.17) is 4.74 Å². The zero-order valence-corrected chi connectivity index (χ0v) is 15.9. The quantitative estimate of drug-likeness (QED) is 0.752. The highest BCUT2D eigenvalue weighted by atomic mass is 19.1. The number of nitrogens with zero attached hydrogens (tertiary/aromatic N) is 1. The van der Waals surface area contributed by atoms with Crippen LogP contribution in [0, 0.1) is 23.2 Å². The molecule has 1 spiro atoms. The molecule has 3 aliphatic carbocycles. The van der Waals surface area contributed by atoms with Crippen LogP contribution < -0.4 is 5.32 Å². The van der Waals surface area contributed by atoms with Gasteiger partial charge in [0.1, 0.15) is 6.61 Å². The summed E-state index contributed by atoms with van der Waals surface area (Å²) >= 11 is 0. The maximum Gasteiger partial charge on any atom is 0.248 e. The van der Waals surface area contributed by atoms with Crippen LogP contribution in [0.4, 0.5) is 4.39 Å². The molecule has 3 saturated carbocycles. The van der Waals surface area contributed by atoms with Gasteiger partial charge >= 0.3 is 0 Å². The predicted molar refractivity (Wildman–Crippen MR) is 95.1 cm³/mol. The van der Waals surface area contributed by atoms with Gasteiger partial charge < -0.3 is 15.0 Å². The summed E-state index contributed by atoms with van der Waals surface area (Å²) in [7, 11) is 0. The van der Waals surface area contributed by atoms with Crippen molar-refractivity contribution in [3.63, 3.8) is 0 Å². The number of hydrogen-bond acceptors (Lipinski definition) is 3. The number of halogens is 1. The SMILES string of the molecule is CCC(C)OCC(=O)N1CC(F)(CNC(=O)[C@@H]2C[C@@H]3CC[C@H]2C32CC2)C1. The lowest BCUT2D eigenvalue weighted by molar-refractivity contribution is -0.152. The molecule has 0 aromatic heterocycles. The second-order valence-corrected chi connectivity index (χ2v) is 9.10. The van der Waals surface area contributed by atoms with Crippen LogP contribution in [0.1, 0.15) is 52.4 Å². The van der Waals surface area contributed by atoms with Crippen LogP contribution >= 0.6 is 0 Å². The number of amides is 2. The van der Waals surface area contributed by atoms with Gasteiger partial charge in [-0.2, -0.15) is 0 Å². The normalized spacial score (nSPS) is 33.8.